The molecule has 1 aliphatic heterocycles. The number of rotatable bonds is 1. The molecule has 0 aromatic heterocycles. The van der Waals surface area contributed by atoms with Gasteiger partial charge in [-0.2, -0.15) is 0 Å². The Bertz CT molecular complexity index is 299. The molecule has 3 nitrogen and oxygen atoms in total. The van der Waals surface area contributed by atoms with Crippen LogP contribution in [0.4, 0.5) is 11.4 Å². The molecule has 0 aliphatic carbocycles. The summed E-state index contributed by atoms with van der Waals surface area (Å²) in [6.07, 6.45) is 0.872. The predicted octanol–water partition coefficient (Wildman–Crippen LogP) is 0.598. The molecule has 0 saturated carbocycles. The molecule has 0 amide bonds. The van der Waals surface area contributed by atoms with Crippen LogP contribution in [0, 0.1) is 0 Å². The number of nitrogen functional groups attached to an aromatic ring is 1. The molecule has 3 heteroatoms. The summed E-state index contributed by atoms with van der Waals surface area (Å²) in [5.74, 6) is 0. The molecule has 1 heterocycles. The van der Waals surface area contributed by atoms with E-state index in [0.29, 0.717) is 0 Å². The second-order valence-electron chi connectivity index (χ2n) is 3.14. The highest BCUT2D eigenvalue weighted by atomic mass is 16.3. The van der Waals surface area contributed by atoms with Crippen LogP contribution in [0.2, 0.25) is 0 Å². The molecule has 1 aromatic rings. The van der Waals surface area contributed by atoms with Gasteiger partial charge in [0.1, 0.15) is 0 Å². The van der Waals surface area contributed by atoms with Gasteiger partial charge in [0.05, 0.1) is 12.6 Å². The van der Waals surface area contributed by atoms with Crippen LogP contribution >= 0.6 is 0 Å². The molecule has 4 N–H and O–H groups in total. The van der Waals surface area contributed by atoms with Crippen LogP contribution in [-0.4, -0.2) is 17.8 Å². The molecular formula is C9H12N2O. The zero-order valence-electron chi connectivity index (χ0n) is 6.75. The number of aliphatic hydroxyl groups is 1. The maximum Gasteiger partial charge on any atom is 0.0636 e. The van der Waals surface area contributed by atoms with Gasteiger partial charge in [-0.1, -0.05) is 0 Å². The number of fused-ring (bicyclic) bond motifs is 1. The van der Waals surface area contributed by atoms with E-state index in [2.05, 4.69) is 5.32 Å². The van der Waals surface area contributed by atoms with Gasteiger partial charge in [0, 0.05) is 11.4 Å². The Morgan fingerprint density at radius 2 is 2.42 bits per heavy atom. The first-order valence-corrected chi connectivity index (χ1v) is 4.05. The fraction of sp³-hybridized carbons (Fsp3) is 0.333. The first kappa shape index (κ1) is 7.43. The molecule has 2 rings (SSSR count). The Hall–Kier alpha value is -1.22. The lowest BCUT2D eigenvalue weighted by Crippen LogP contribution is -2.19. The van der Waals surface area contributed by atoms with Crippen molar-refractivity contribution in [3.8, 4) is 0 Å². The minimum absolute atomic E-state index is 0.168. The number of benzene rings is 1. The second kappa shape index (κ2) is 2.68. The van der Waals surface area contributed by atoms with E-state index in [1.165, 1.54) is 5.56 Å². The van der Waals surface area contributed by atoms with Gasteiger partial charge in [0.2, 0.25) is 0 Å². The average Bonchev–Trinajstić information content (AvgIpc) is 2.46. The van der Waals surface area contributed by atoms with Crippen molar-refractivity contribution in [1.29, 1.82) is 0 Å². The first-order chi connectivity index (χ1) is 5.79. The van der Waals surface area contributed by atoms with Gasteiger partial charge in [0.15, 0.2) is 0 Å². The molecule has 1 aliphatic rings. The lowest BCUT2D eigenvalue weighted by molar-refractivity contribution is 0.277. The summed E-state index contributed by atoms with van der Waals surface area (Å²) in [4.78, 5) is 0. The smallest absolute Gasteiger partial charge is 0.0636 e. The van der Waals surface area contributed by atoms with Crippen molar-refractivity contribution in [2.45, 2.75) is 12.5 Å². The SMILES string of the molecule is Nc1ccc2c(c1)CC(CO)N2. The molecule has 64 valence electrons. The Labute approximate surface area is 71.2 Å². The summed E-state index contributed by atoms with van der Waals surface area (Å²) < 4.78 is 0. The largest absolute Gasteiger partial charge is 0.399 e. The van der Waals surface area contributed by atoms with E-state index in [1.807, 2.05) is 18.2 Å². The van der Waals surface area contributed by atoms with Gasteiger partial charge in [-0.25, -0.2) is 0 Å². The third-order valence-electron chi connectivity index (χ3n) is 2.18. The maximum absolute atomic E-state index is 8.91. The van der Waals surface area contributed by atoms with Gasteiger partial charge in [0.25, 0.3) is 0 Å². The summed E-state index contributed by atoms with van der Waals surface area (Å²) in [7, 11) is 0. The van der Waals surface area contributed by atoms with E-state index in [4.69, 9.17) is 10.8 Å². The number of hydrogen-bond donors (Lipinski definition) is 3. The first-order valence-electron chi connectivity index (χ1n) is 4.05. The van der Waals surface area contributed by atoms with Gasteiger partial charge < -0.3 is 16.2 Å². The number of nitrogens with one attached hydrogen (secondary N) is 1. The fourth-order valence-corrected chi connectivity index (χ4v) is 1.57. The van der Waals surface area contributed by atoms with Crippen LogP contribution in [0.25, 0.3) is 0 Å². The van der Waals surface area contributed by atoms with Crippen LogP contribution in [0.1, 0.15) is 5.56 Å². The van der Waals surface area contributed by atoms with Crippen molar-refractivity contribution in [3.63, 3.8) is 0 Å². The monoisotopic (exact) mass is 164 g/mol. The zero-order chi connectivity index (χ0) is 8.55. The Morgan fingerprint density at radius 3 is 3.17 bits per heavy atom. The molecule has 0 fully saturated rings. The fourth-order valence-electron chi connectivity index (χ4n) is 1.57. The highest BCUT2D eigenvalue weighted by molar-refractivity contribution is 5.62. The molecule has 12 heavy (non-hydrogen) atoms. The molecule has 1 atom stereocenters. The molecule has 0 saturated heterocycles. The van der Waals surface area contributed by atoms with Crippen LogP contribution in [-0.2, 0) is 6.42 Å². The molecule has 0 spiro atoms. The van der Waals surface area contributed by atoms with E-state index in [-0.39, 0.29) is 12.6 Å². The summed E-state index contributed by atoms with van der Waals surface area (Å²) >= 11 is 0. The summed E-state index contributed by atoms with van der Waals surface area (Å²) in [5, 5.41) is 12.1. The van der Waals surface area contributed by atoms with Crippen molar-refractivity contribution >= 4 is 11.4 Å². The van der Waals surface area contributed by atoms with Gasteiger partial charge in [-0.3, -0.25) is 0 Å². The van der Waals surface area contributed by atoms with Gasteiger partial charge in [-0.05, 0) is 30.2 Å². The Balaban J connectivity index is 2.30. The minimum atomic E-state index is 0.168. The molecule has 0 bridgehead atoms. The Morgan fingerprint density at radius 1 is 1.58 bits per heavy atom. The third kappa shape index (κ3) is 1.12. The van der Waals surface area contributed by atoms with Crippen LogP contribution < -0.4 is 11.1 Å². The maximum atomic E-state index is 8.91. The minimum Gasteiger partial charge on any atom is -0.399 e. The molecule has 1 unspecified atom stereocenters. The van der Waals surface area contributed by atoms with E-state index in [0.717, 1.165) is 17.8 Å². The quantitative estimate of drug-likeness (QED) is 0.533. The van der Waals surface area contributed by atoms with E-state index in [1.54, 1.807) is 0 Å². The predicted molar refractivity (Wildman–Crippen MR) is 49.1 cm³/mol. The molecular weight excluding hydrogens is 152 g/mol. The lowest BCUT2D eigenvalue weighted by Gasteiger charge is -2.04. The van der Waals surface area contributed by atoms with Crippen molar-refractivity contribution in [3.05, 3.63) is 23.8 Å². The molecule has 1 aromatic carbocycles. The van der Waals surface area contributed by atoms with Crippen LogP contribution in [0.5, 0.6) is 0 Å². The number of anilines is 2. The standard InChI is InChI=1S/C9H12N2O/c10-7-1-2-9-6(3-7)4-8(5-12)11-9/h1-3,8,11-12H,4-5,10H2. The third-order valence-corrected chi connectivity index (χ3v) is 2.18. The number of hydrogen-bond acceptors (Lipinski definition) is 3. The summed E-state index contributed by atoms with van der Waals surface area (Å²) in [5.41, 5.74) is 8.72. The van der Waals surface area contributed by atoms with Crippen molar-refractivity contribution in [1.82, 2.24) is 0 Å². The summed E-state index contributed by atoms with van der Waals surface area (Å²) in [6.45, 7) is 0.175. The average molecular weight is 164 g/mol. The number of nitrogens with two attached hydrogens (primary N) is 1. The van der Waals surface area contributed by atoms with Gasteiger partial charge in [-0.15, -0.1) is 0 Å². The normalized spacial score (nSPS) is 20.2. The zero-order valence-corrected chi connectivity index (χ0v) is 6.75. The lowest BCUT2D eigenvalue weighted by atomic mass is 10.1. The number of aliphatic hydroxyl groups excluding tert-OH is 1. The Kier molecular flexibility index (Phi) is 1.66. The van der Waals surface area contributed by atoms with Crippen molar-refractivity contribution in [2.75, 3.05) is 17.7 Å². The molecule has 0 radical (unpaired) electrons. The summed E-state index contributed by atoms with van der Waals surface area (Å²) in [6, 6.07) is 5.95. The highest BCUT2D eigenvalue weighted by Crippen LogP contribution is 2.27. The van der Waals surface area contributed by atoms with Gasteiger partial charge >= 0.3 is 0 Å². The topological polar surface area (TPSA) is 58.3 Å². The van der Waals surface area contributed by atoms with Crippen molar-refractivity contribution in [2.24, 2.45) is 0 Å². The van der Waals surface area contributed by atoms with Crippen LogP contribution in [0.3, 0.4) is 0 Å². The highest BCUT2D eigenvalue weighted by Gasteiger charge is 2.18. The van der Waals surface area contributed by atoms with E-state index in [9.17, 15) is 0 Å². The second-order valence-corrected chi connectivity index (χ2v) is 3.14. The van der Waals surface area contributed by atoms with Crippen LogP contribution in [0.15, 0.2) is 18.2 Å². The van der Waals surface area contributed by atoms with Crippen molar-refractivity contribution < 1.29 is 5.11 Å². The van der Waals surface area contributed by atoms with E-state index < -0.39 is 0 Å². The van der Waals surface area contributed by atoms with E-state index >= 15 is 0 Å².